The third-order valence-electron chi connectivity index (χ3n) is 5.55. The molecular weight excluding hydrogens is 467 g/mol. The zero-order chi connectivity index (χ0) is 23.4. The molecule has 0 aliphatic carbocycles. The minimum atomic E-state index is -0.629. The zero-order valence-electron chi connectivity index (χ0n) is 18.1. The first-order valence-electron chi connectivity index (χ1n) is 10.6. The van der Waals surface area contributed by atoms with Gasteiger partial charge in [0, 0.05) is 43.4 Å². The molecule has 9 nitrogen and oxygen atoms in total. The van der Waals surface area contributed by atoms with Gasteiger partial charge in [0.15, 0.2) is 11.0 Å². The molecule has 0 saturated carbocycles. The predicted molar refractivity (Wildman–Crippen MR) is 125 cm³/mol. The molecule has 2 aromatic rings. The summed E-state index contributed by atoms with van der Waals surface area (Å²) in [5.41, 5.74) is 1.68. The molecule has 0 bridgehead atoms. The molecule has 2 aliphatic heterocycles. The first-order valence-corrected chi connectivity index (χ1v) is 11.4. The lowest BCUT2D eigenvalue weighted by Crippen LogP contribution is -2.52. The number of halogens is 2. The molecule has 2 aliphatic rings. The highest BCUT2D eigenvalue weighted by Gasteiger charge is 2.34. The molecule has 1 atom stereocenters. The van der Waals surface area contributed by atoms with E-state index in [0.717, 1.165) is 37.6 Å². The van der Waals surface area contributed by atoms with Gasteiger partial charge in [0.05, 0.1) is 18.2 Å². The number of carbonyl (C=O) groups excluding carboxylic acids is 2. The quantitative estimate of drug-likeness (QED) is 0.600. The number of esters is 1. The fraction of sp³-hybridized carbons (Fsp3) is 0.364. The summed E-state index contributed by atoms with van der Waals surface area (Å²) in [4.78, 5) is 29.7. The summed E-state index contributed by atoms with van der Waals surface area (Å²) in [5.74, 6) is 0.304. The largest absolute Gasteiger partial charge is 0.463 e. The average Bonchev–Trinajstić information content (AvgIpc) is 2.80. The van der Waals surface area contributed by atoms with Crippen molar-refractivity contribution in [2.75, 3.05) is 44.2 Å². The Balaban J connectivity index is 1.54. The highest BCUT2D eigenvalue weighted by molar-refractivity contribution is 6.30. The van der Waals surface area contributed by atoms with E-state index in [4.69, 9.17) is 27.9 Å². The van der Waals surface area contributed by atoms with Gasteiger partial charge in [-0.2, -0.15) is 0 Å². The van der Waals surface area contributed by atoms with Crippen molar-refractivity contribution in [3.05, 3.63) is 63.4 Å². The van der Waals surface area contributed by atoms with E-state index in [2.05, 4.69) is 30.6 Å². The van der Waals surface area contributed by atoms with Crippen molar-refractivity contribution in [3.63, 3.8) is 0 Å². The number of anilines is 1. The molecule has 1 fully saturated rings. The van der Waals surface area contributed by atoms with E-state index in [1.165, 1.54) is 0 Å². The Morgan fingerprint density at radius 3 is 2.45 bits per heavy atom. The van der Waals surface area contributed by atoms with Crippen LogP contribution in [0.3, 0.4) is 0 Å². The fourth-order valence-corrected chi connectivity index (χ4v) is 4.16. The summed E-state index contributed by atoms with van der Waals surface area (Å²) < 4.78 is 5.33. The van der Waals surface area contributed by atoms with Crippen LogP contribution in [0.1, 0.15) is 18.5 Å². The van der Waals surface area contributed by atoms with Crippen LogP contribution in [0.15, 0.2) is 47.7 Å². The lowest BCUT2D eigenvalue weighted by molar-refractivity contribution is -0.139. The summed E-state index contributed by atoms with van der Waals surface area (Å²) in [6.45, 7) is 5.29. The second kappa shape index (κ2) is 10.4. The van der Waals surface area contributed by atoms with Crippen molar-refractivity contribution in [1.82, 2.24) is 25.7 Å². The molecule has 174 valence electrons. The molecule has 2 amide bonds. The normalized spacial score (nSPS) is 19.2. The number of nitrogens with one attached hydrogen (secondary N) is 2. The van der Waals surface area contributed by atoms with Crippen LogP contribution >= 0.6 is 23.2 Å². The van der Waals surface area contributed by atoms with Crippen LogP contribution in [-0.2, 0) is 9.53 Å². The summed E-state index contributed by atoms with van der Waals surface area (Å²) in [6.07, 6.45) is 0. The monoisotopic (exact) mass is 490 g/mol. The lowest BCUT2D eigenvalue weighted by atomic mass is 9.95. The first kappa shape index (κ1) is 23.3. The fourth-order valence-electron chi connectivity index (χ4n) is 3.93. The SMILES string of the molecule is CCOC(=O)C1=C(CN2CCN(c3ccc(Cl)nn3)CC2)NC(=O)N[C@H]1c1ccc(Cl)cc1. The number of aromatic nitrogens is 2. The van der Waals surface area contributed by atoms with E-state index in [1.54, 1.807) is 37.3 Å². The van der Waals surface area contributed by atoms with Gasteiger partial charge < -0.3 is 20.3 Å². The molecule has 0 radical (unpaired) electrons. The minimum Gasteiger partial charge on any atom is -0.463 e. The van der Waals surface area contributed by atoms with Crippen LogP contribution in [0.25, 0.3) is 0 Å². The Labute approximate surface area is 201 Å². The molecule has 11 heteroatoms. The number of nitrogens with zero attached hydrogens (tertiary/aromatic N) is 4. The number of urea groups is 1. The number of ether oxygens (including phenoxy) is 1. The van der Waals surface area contributed by atoms with Gasteiger partial charge in [0.1, 0.15) is 0 Å². The van der Waals surface area contributed by atoms with Crippen LogP contribution in [0, 0.1) is 0 Å². The maximum absolute atomic E-state index is 12.9. The summed E-state index contributed by atoms with van der Waals surface area (Å²) in [5, 5.41) is 14.6. The Morgan fingerprint density at radius 2 is 1.82 bits per heavy atom. The molecular formula is C22H24Cl2N6O3. The first-order chi connectivity index (χ1) is 15.9. The van der Waals surface area contributed by atoms with E-state index >= 15 is 0 Å². The van der Waals surface area contributed by atoms with E-state index in [0.29, 0.717) is 28.0 Å². The van der Waals surface area contributed by atoms with E-state index in [9.17, 15) is 9.59 Å². The molecule has 4 rings (SSSR count). The Kier molecular flexibility index (Phi) is 7.32. The van der Waals surface area contributed by atoms with Crippen LogP contribution in [0.4, 0.5) is 10.6 Å². The van der Waals surface area contributed by atoms with Gasteiger partial charge in [-0.3, -0.25) is 4.90 Å². The summed E-state index contributed by atoms with van der Waals surface area (Å²) in [7, 11) is 0. The Bertz CT molecular complexity index is 1040. The van der Waals surface area contributed by atoms with Crippen LogP contribution in [0.5, 0.6) is 0 Å². The Morgan fingerprint density at radius 1 is 1.09 bits per heavy atom. The van der Waals surface area contributed by atoms with Crippen molar-refractivity contribution < 1.29 is 14.3 Å². The van der Waals surface area contributed by atoms with Crippen molar-refractivity contribution in [2.24, 2.45) is 0 Å². The van der Waals surface area contributed by atoms with E-state index in [-0.39, 0.29) is 12.6 Å². The van der Waals surface area contributed by atoms with Gasteiger partial charge in [-0.1, -0.05) is 35.3 Å². The third-order valence-corrected chi connectivity index (χ3v) is 6.00. The minimum absolute atomic E-state index is 0.234. The Hall–Kier alpha value is -2.88. The smallest absolute Gasteiger partial charge is 0.338 e. The number of amides is 2. The predicted octanol–water partition coefficient (Wildman–Crippen LogP) is 2.78. The number of hydrogen-bond donors (Lipinski definition) is 2. The number of hydrogen-bond acceptors (Lipinski definition) is 7. The van der Waals surface area contributed by atoms with Crippen molar-refractivity contribution in [2.45, 2.75) is 13.0 Å². The topological polar surface area (TPSA) is 99.7 Å². The summed E-state index contributed by atoms with van der Waals surface area (Å²) in [6, 6.07) is 9.61. The number of carbonyl (C=O) groups is 2. The second-order valence-corrected chi connectivity index (χ2v) is 8.50. The van der Waals surface area contributed by atoms with Gasteiger partial charge in [-0.05, 0) is 36.8 Å². The molecule has 2 N–H and O–H groups in total. The van der Waals surface area contributed by atoms with Crippen LogP contribution in [-0.4, -0.2) is 66.4 Å². The average molecular weight is 491 g/mol. The maximum atomic E-state index is 12.9. The van der Waals surface area contributed by atoms with Crippen LogP contribution < -0.4 is 15.5 Å². The van der Waals surface area contributed by atoms with Gasteiger partial charge in [-0.15, -0.1) is 10.2 Å². The van der Waals surface area contributed by atoms with Crippen molar-refractivity contribution in [1.29, 1.82) is 0 Å². The number of piperazine rings is 1. The number of benzene rings is 1. The van der Waals surface area contributed by atoms with E-state index in [1.807, 2.05) is 6.07 Å². The molecule has 1 aromatic carbocycles. The van der Waals surface area contributed by atoms with Crippen molar-refractivity contribution in [3.8, 4) is 0 Å². The summed E-state index contributed by atoms with van der Waals surface area (Å²) >= 11 is 11.9. The third kappa shape index (κ3) is 5.55. The van der Waals surface area contributed by atoms with Crippen LogP contribution in [0.2, 0.25) is 10.2 Å². The molecule has 0 unspecified atom stereocenters. The zero-order valence-corrected chi connectivity index (χ0v) is 19.6. The molecule has 1 saturated heterocycles. The van der Waals surface area contributed by atoms with Gasteiger partial charge in [0.25, 0.3) is 0 Å². The highest BCUT2D eigenvalue weighted by atomic mass is 35.5. The maximum Gasteiger partial charge on any atom is 0.338 e. The lowest BCUT2D eigenvalue weighted by Gasteiger charge is -2.37. The van der Waals surface area contributed by atoms with Gasteiger partial charge in [0.2, 0.25) is 0 Å². The van der Waals surface area contributed by atoms with Gasteiger partial charge in [-0.25, -0.2) is 9.59 Å². The van der Waals surface area contributed by atoms with E-state index < -0.39 is 12.0 Å². The second-order valence-electron chi connectivity index (χ2n) is 7.67. The molecule has 0 spiro atoms. The molecule has 1 aromatic heterocycles. The van der Waals surface area contributed by atoms with Gasteiger partial charge >= 0.3 is 12.0 Å². The van der Waals surface area contributed by atoms with Crippen molar-refractivity contribution >= 4 is 41.0 Å². The number of rotatable bonds is 6. The standard InChI is InChI=1S/C22H24Cl2N6O3/c1-2-33-21(31)19-16(25-22(32)26-20(19)14-3-5-15(23)6-4-14)13-29-9-11-30(12-10-29)18-8-7-17(24)27-28-18/h3-8,20H,2,9-13H2,1H3,(H2,25,26,32)/t20-/m0/s1. The molecule has 3 heterocycles. The molecule has 33 heavy (non-hydrogen) atoms. The highest BCUT2D eigenvalue weighted by Crippen LogP contribution is 2.29.